The standard InChI is InChI=1S/C12H16FNO/c1-8-6-10(13)2-3-11(8)12-9(7-15)4-5-14-12/h2-3,6,9,12,14-15H,4-5,7H2,1H3/t9-,12+/m0/s1. The highest BCUT2D eigenvalue weighted by molar-refractivity contribution is 5.30. The lowest BCUT2D eigenvalue weighted by Gasteiger charge is -2.19. The van der Waals surface area contributed by atoms with Crippen LogP contribution in [0.15, 0.2) is 18.2 Å². The molecular formula is C12H16FNO. The lowest BCUT2D eigenvalue weighted by Crippen LogP contribution is -2.20. The SMILES string of the molecule is Cc1cc(F)ccc1[C@@H]1NCC[C@H]1CO. The van der Waals surface area contributed by atoms with Crippen molar-refractivity contribution in [2.75, 3.05) is 13.2 Å². The van der Waals surface area contributed by atoms with Crippen molar-refractivity contribution in [3.05, 3.63) is 35.1 Å². The first-order chi connectivity index (χ1) is 7.22. The maximum Gasteiger partial charge on any atom is 0.123 e. The van der Waals surface area contributed by atoms with Crippen molar-refractivity contribution in [2.45, 2.75) is 19.4 Å². The van der Waals surface area contributed by atoms with Crippen molar-refractivity contribution in [1.29, 1.82) is 0 Å². The molecule has 1 fully saturated rings. The third-order valence-electron chi connectivity index (χ3n) is 3.15. The fourth-order valence-electron chi connectivity index (χ4n) is 2.31. The predicted octanol–water partition coefficient (Wildman–Crippen LogP) is 1.78. The van der Waals surface area contributed by atoms with Crippen molar-refractivity contribution in [3.8, 4) is 0 Å². The molecule has 2 N–H and O–H groups in total. The van der Waals surface area contributed by atoms with Crippen LogP contribution in [0.25, 0.3) is 0 Å². The minimum Gasteiger partial charge on any atom is -0.396 e. The fraction of sp³-hybridized carbons (Fsp3) is 0.500. The monoisotopic (exact) mass is 209 g/mol. The Hall–Kier alpha value is -0.930. The minimum absolute atomic E-state index is 0.176. The van der Waals surface area contributed by atoms with Gasteiger partial charge in [-0.1, -0.05) is 6.07 Å². The predicted molar refractivity (Wildman–Crippen MR) is 57.1 cm³/mol. The van der Waals surface area contributed by atoms with Crippen LogP contribution in [0.2, 0.25) is 0 Å². The Morgan fingerprint density at radius 3 is 3.00 bits per heavy atom. The zero-order chi connectivity index (χ0) is 10.8. The Morgan fingerprint density at radius 2 is 2.33 bits per heavy atom. The van der Waals surface area contributed by atoms with Gasteiger partial charge in [0, 0.05) is 18.6 Å². The number of rotatable bonds is 2. The number of hydrogen-bond acceptors (Lipinski definition) is 2. The van der Waals surface area contributed by atoms with E-state index in [-0.39, 0.29) is 24.4 Å². The van der Waals surface area contributed by atoms with Crippen LogP contribution in [0.4, 0.5) is 4.39 Å². The maximum atomic E-state index is 12.9. The van der Waals surface area contributed by atoms with Crippen molar-refractivity contribution < 1.29 is 9.50 Å². The van der Waals surface area contributed by atoms with Crippen molar-refractivity contribution >= 4 is 0 Å². The summed E-state index contributed by atoms with van der Waals surface area (Å²) in [6.45, 7) is 3.02. The lowest BCUT2D eigenvalue weighted by molar-refractivity contribution is 0.214. The average molecular weight is 209 g/mol. The van der Waals surface area contributed by atoms with Crippen LogP contribution in [0.5, 0.6) is 0 Å². The second kappa shape index (κ2) is 4.29. The molecule has 0 radical (unpaired) electrons. The van der Waals surface area contributed by atoms with Gasteiger partial charge >= 0.3 is 0 Å². The van der Waals surface area contributed by atoms with Gasteiger partial charge in [0.05, 0.1) is 0 Å². The van der Waals surface area contributed by atoms with E-state index in [1.54, 1.807) is 6.07 Å². The van der Waals surface area contributed by atoms with Crippen LogP contribution < -0.4 is 5.32 Å². The molecule has 1 aliphatic heterocycles. The molecule has 1 saturated heterocycles. The maximum absolute atomic E-state index is 12.9. The largest absolute Gasteiger partial charge is 0.396 e. The highest BCUT2D eigenvalue weighted by Crippen LogP contribution is 2.31. The molecule has 82 valence electrons. The summed E-state index contributed by atoms with van der Waals surface area (Å²) in [4.78, 5) is 0. The second-order valence-electron chi connectivity index (χ2n) is 4.16. The molecule has 0 unspecified atom stereocenters. The zero-order valence-corrected chi connectivity index (χ0v) is 8.83. The van der Waals surface area contributed by atoms with Gasteiger partial charge in [-0.3, -0.25) is 0 Å². The molecule has 1 aliphatic rings. The topological polar surface area (TPSA) is 32.3 Å². The summed E-state index contributed by atoms with van der Waals surface area (Å²) in [5.41, 5.74) is 2.06. The number of halogens is 1. The van der Waals surface area contributed by atoms with E-state index < -0.39 is 0 Å². The summed E-state index contributed by atoms with van der Waals surface area (Å²) in [5.74, 6) is 0.0592. The first-order valence-electron chi connectivity index (χ1n) is 5.32. The number of aliphatic hydroxyl groups is 1. The van der Waals surface area contributed by atoms with E-state index in [1.165, 1.54) is 6.07 Å². The van der Waals surface area contributed by atoms with E-state index in [9.17, 15) is 9.50 Å². The van der Waals surface area contributed by atoms with E-state index in [4.69, 9.17) is 0 Å². The minimum atomic E-state index is -0.199. The zero-order valence-electron chi connectivity index (χ0n) is 8.83. The van der Waals surface area contributed by atoms with Gasteiger partial charge in [0.25, 0.3) is 0 Å². The van der Waals surface area contributed by atoms with Gasteiger partial charge in [0.1, 0.15) is 5.82 Å². The van der Waals surface area contributed by atoms with E-state index >= 15 is 0 Å². The summed E-state index contributed by atoms with van der Waals surface area (Å²) in [7, 11) is 0. The molecule has 15 heavy (non-hydrogen) atoms. The van der Waals surface area contributed by atoms with Crippen LogP contribution in [0.3, 0.4) is 0 Å². The van der Waals surface area contributed by atoms with Crippen molar-refractivity contribution in [3.63, 3.8) is 0 Å². The summed E-state index contributed by atoms with van der Waals surface area (Å²) >= 11 is 0. The normalized spacial score (nSPS) is 25.8. The Balaban J connectivity index is 2.28. The fourth-order valence-corrected chi connectivity index (χ4v) is 2.31. The summed E-state index contributed by atoms with van der Waals surface area (Å²) < 4.78 is 12.9. The summed E-state index contributed by atoms with van der Waals surface area (Å²) in [5, 5.41) is 12.6. The van der Waals surface area contributed by atoms with Gasteiger partial charge in [0.2, 0.25) is 0 Å². The first-order valence-corrected chi connectivity index (χ1v) is 5.32. The molecule has 3 heteroatoms. The average Bonchev–Trinajstić information content (AvgIpc) is 2.65. The van der Waals surface area contributed by atoms with Gasteiger partial charge in [-0.2, -0.15) is 0 Å². The molecule has 0 spiro atoms. The van der Waals surface area contributed by atoms with E-state index in [2.05, 4.69) is 5.32 Å². The summed E-state index contributed by atoms with van der Waals surface area (Å²) in [6.07, 6.45) is 0.984. The van der Waals surface area contributed by atoms with Gasteiger partial charge in [-0.05, 0) is 43.1 Å². The number of benzene rings is 1. The van der Waals surface area contributed by atoms with Crippen LogP contribution in [0, 0.1) is 18.7 Å². The molecule has 0 saturated carbocycles. The second-order valence-corrected chi connectivity index (χ2v) is 4.16. The molecule has 1 aromatic rings. The molecule has 0 aliphatic carbocycles. The number of nitrogens with one attached hydrogen (secondary N) is 1. The van der Waals surface area contributed by atoms with Crippen molar-refractivity contribution in [1.82, 2.24) is 5.32 Å². The molecule has 1 heterocycles. The van der Waals surface area contributed by atoms with Gasteiger partial charge in [0.15, 0.2) is 0 Å². The van der Waals surface area contributed by atoms with E-state index in [0.717, 1.165) is 24.1 Å². The molecule has 2 rings (SSSR count). The van der Waals surface area contributed by atoms with Gasteiger partial charge in [-0.25, -0.2) is 4.39 Å². The van der Waals surface area contributed by atoms with Crippen LogP contribution in [-0.4, -0.2) is 18.3 Å². The van der Waals surface area contributed by atoms with E-state index in [1.807, 2.05) is 13.0 Å². The number of aliphatic hydroxyl groups excluding tert-OH is 1. The smallest absolute Gasteiger partial charge is 0.123 e. The van der Waals surface area contributed by atoms with Crippen LogP contribution in [0.1, 0.15) is 23.6 Å². The van der Waals surface area contributed by atoms with Gasteiger partial charge < -0.3 is 10.4 Å². The van der Waals surface area contributed by atoms with Crippen LogP contribution >= 0.6 is 0 Å². The molecule has 0 bridgehead atoms. The Bertz CT molecular complexity index is 353. The lowest BCUT2D eigenvalue weighted by atomic mass is 9.92. The number of aryl methyl sites for hydroxylation is 1. The number of hydrogen-bond donors (Lipinski definition) is 2. The Morgan fingerprint density at radius 1 is 1.53 bits per heavy atom. The third-order valence-corrected chi connectivity index (χ3v) is 3.15. The van der Waals surface area contributed by atoms with E-state index in [0.29, 0.717) is 0 Å². The van der Waals surface area contributed by atoms with Crippen molar-refractivity contribution in [2.24, 2.45) is 5.92 Å². The Labute approximate surface area is 89.1 Å². The molecule has 0 amide bonds. The molecule has 0 aromatic heterocycles. The van der Waals surface area contributed by atoms with Gasteiger partial charge in [-0.15, -0.1) is 0 Å². The summed E-state index contributed by atoms with van der Waals surface area (Å²) in [6, 6.07) is 5.02. The molecule has 2 nitrogen and oxygen atoms in total. The Kier molecular flexibility index (Phi) is 3.03. The first kappa shape index (κ1) is 10.6. The van der Waals surface area contributed by atoms with Crippen LogP contribution in [-0.2, 0) is 0 Å². The molecular weight excluding hydrogens is 193 g/mol. The quantitative estimate of drug-likeness (QED) is 0.778. The third kappa shape index (κ3) is 2.03. The molecule has 2 atom stereocenters. The highest BCUT2D eigenvalue weighted by Gasteiger charge is 2.28. The highest BCUT2D eigenvalue weighted by atomic mass is 19.1. The molecule has 1 aromatic carbocycles.